The van der Waals surface area contributed by atoms with Gasteiger partial charge in [0.15, 0.2) is 5.17 Å². The van der Waals surface area contributed by atoms with Crippen LogP contribution in [0.5, 0.6) is 11.5 Å². The largest absolute Gasteiger partial charge is 0.497 e. The zero-order valence-corrected chi connectivity index (χ0v) is 27.0. The number of hydrogen-bond acceptors (Lipinski definition) is 6. The molecule has 0 N–H and O–H groups in total. The van der Waals surface area contributed by atoms with Crippen molar-refractivity contribution >= 4 is 90.6 Å². The molecule has 1 amide bonds. The molecule has 0 bridgehead atoms. The Balaban J connectivity index is 1.36. The Morgan fingerprint density at radius 3 is 2.35 bits per heavy atom. The van der Waals surface area contributed by atoms with Crippen LogP contribution >= 0.6 is 56.9 Å². The van der Waals surface area contributed by atoms with E-state index in [4.69, 9.17) is 19.2 Å². The van der Waals surface area contributed by atoms with E-state index in [-0.39, 0.29) is 5.91 Å². The second kappa shape index (κ2) is 13.4. The molecule has 0 spiro atoms. The van der Waals surface area contributed by atoms with E-state index in [2.05, 4.69) is 75.5 Å². The lowest BCUT2D eigenvalue weighted by Gasteiger charge is -2.14. The molecule has 0 saturated carbocycles. The molecular formula is C31H26I2N2O4S. The standard InChI is InChI=1S/C31H26I2N2O4S/c1-37-14-13-35-30(36)28(40-31(35)34-24-9-11-25(38-2)12-10-24)18-21-16-26(32)29(27(33)17-21)39-19-20-7-8-22-5-3-4-6-23(22)15-20/h3-12,15-18H,13-14,19H2,1-2H3/b28-18-,34-31?. The van der Waals surface area contributed by atoms with E-state index in [9.17, 15) is 4.79 Å². The third-order valence-electron chi connectivity index (χ3n) is 6.22. The number of amidine groups is 1. The van der Waals surface area contributed by atoms with Crippen molar-refractivity contribution in [2.24, 2.45) is 4.99 Å². The van der Waals surface area contributed by atoms with E-state index in [1.807, 2.05) is 54.6 Å². The summed E-state index contributed by atoms with van der Waals surface area (Å²) in [7, 11) is 3.25. The number of rotatable bonds is 9. The summed E-state index contributed by atoms with van der Waals surface area (Å²) in [6.07, 6.45) is 1.92. The summed E-state index contributed by atoms with van der Waals surface area (Å²) in [5.41, 5.74) is 2.79. The third-order valence-corrected chi connectivity index (χ3v) is 8.83. The number of thioether (sulfide) groups is 1. The predicted molar refractivity (Wildman–Crippen MR) is 179 cm³/mol. The van der Waals surface area contributed by atoms with Crippen LogP contribution in [-0.2, 0) is 16.1 Å². The Morgan fingerprint density at radius 1 is 0.925 bits per heavy atom. The first-order chi connectivity index (χ1) is 19.4. The van der Waals surface area contributed by atoms with Gasteiger partial charge in [0.25, 0.3) is 5.91 Å². The Hall–Kier alpha value is -2.61. The molecule has 0 aromatic heterocycles. The van der Waals surface area contributed by atoms with Crippen LogP contribution in [0, 0.1) is 7.14 Å². The maximum Gasteiger partial charge on any atom is 0.266 e. The first-order valence-corrected chi connectivity index (χ1v) is 15.4. The van der Waals surface area contributed by atoms with Gasteiger partial charge in [-0.1, -0.05) is 36.4 Å². The van der Waals surface area contributed by atoms with Crippen LogP contribution < -0.4 is 9.47 Å². The fourth-order valence-electron chi connectivity index (χ4n) is 4.17. The zero-order valence-electron chi connectivity index (χ0n) is 21.9. The van der Waals surface area contributed by atoms with E-state index in [1.165, 1.54) is 22.5 Å². The summed E-state index contributed by atoms with van der Waals surface area (Å²) in [6.45, 7) is 1.32. The highest BCUT2D eigenvalue weighted by molar-refractivity contribution is 14.1. The summed E-state index contributed by atoms with van der Waals surface area (Å²) >= 11 is 5.96. The number of fused-ring (bicyclic) bond motifs is 1. The second-order valence-electron chi connectivity index (χ2n) is 8.94. The Kier molecular flexibility index (Phi) is 9.66. The van der Waals surface area contributed by atoms with Gasteiger partial charge in [0.05, 0.1) is 38.0 Å². The van der Waals surface area contributed by atoms with Gasteiger partial charge in [-0.3, -0.25) is 9.69 Å². The molecule has 1 aliphatic heterocycles. The van der Waals surface area contributed by atoms with E-state index in [1.54, 1.807) is 19.1 Å². The van der Waals surface area contributed by atoms with Gasteiger partial charge >= 0.3 is 0 Å². The van der Waals surface area contributed by atoms with Crippen molar-refractivity contribution in [3.8, 4) is 11.5 Å². The van der Waals surface area contributed by atoms with Crippen LogP contribution in [0.15, 0.2) is 88.8 Å². The molecule has 4 aromatic rings. The molecule has 1 heterocycles. The number of halogens is 2. The van der Waals surface area contributed by atoms with Crippen LogP contribution in [0.25, 0.3) is 16.8 Å². The first kappa shape index (κ1) is 28.9. The van der Waals surface area contributed by atoms with E-state index >= 15 is 0 Å². The van der Waals surface area contributed by atoms with Gasteiger partial charge in [-0.05, 0) is 127 Å². The SMILES string of the molecule is COCCN1C(=O)/C(=C/c2cc(I)c(OCc3ccc4ccccc4c3)c(I)c2)SC1=Nc1ccc(OC)cc1. The molecule has 5 rings (SSSR count). The highest BCUT2D eigenvalue weighted by Gasteiger charge is 2.33. The molecule has 0 atom stereocenters. The minimum absolute atomic E-state index is 0.0871. The summed E-state index contributed by atoms with van der Waals surface area (Å²) in [5, 5.41) is 3.03. The Labute approximate surface area is 265 Å². The summed E-state index contributed by atoms with van der Waals surface area (Å²) in [5.74, 6) is 1.51. The van der Waals surface area contributed by atoms with E-state index in [0.717, 1.165) is 35.5 Å². The van der Waals surface area contributed by atoms with Gasteiger partial charge in [0.2, 0.25) is 0 Å². The molecule has 6 nitrogen and oxygen atoms in total. The molecule has 1 aliphatic rings. The zero-order chi connectivity index (χ0) is 28.1. The first-order valence-electron chi connectivity index (χ1n) is 12.5. The van der Waals surface area contributed by atoms with Gasteiger partial charge in [0.1, 0.15) is 18.1 Å². The van der Waals surface area contributed by atoms with Crippen LogP contribution in [0.1, 0.15) is 11.1 Å². The number of ether oxygens (including phenoxy) is 3. The van der Waals surface area contributed by atoms with Crippen molar-refractivity contribution < 1.29 is 19.0 Å². The Bertz CT molecular complexity index is 1580. The molecule has 9 heteroatoms. The van der Waals surface area contributed by atoms with Crippen molar-refractivity contribution in [2.75, 3.05) is 27.4 Å². The lowest BCUT2D eigenvalue weighted by atomic mass is 10.1. The minimum Gasteiger partial charge on any atom is -0.497 e. The van der Waals surface area contributed by atoms with Crippen LogP contribution in [0.4, 0.5) is 5.69 Å². The summed E-state index contributed by atoms with van der Waals surface area (Å²) in [4.78, 5) is 20.4. The number of benzene rings is 4. The van der Waals surface area contributed by atoms with E-state index < -0.39 is 0 Å². The molecule has 0 radical (unpaired) electrons. The van der Waals surface area contributed by atoms with Crippen molar-refractivity contribution in [1.82, 2.24) is 4.90 Å². The van der Waals surface area contributed by atoms with Crippen molar-refractivity contribution in [3.05, 3.63) is 102 Å². The molecule has 4 aromatic carbocycles. The average Bonchev–Trinajstić information content (AvgIpc) is 3.24. The number of carbonyl (C=O) groups excluding carboxylic acids is 1. The number of carbonyl (C=O) groups is 1. The van der Waals surface area contributed by atoms with Gasteiger partial charge in [0, 0.05) is 7.11 Å². The monoisotopic (exact) mass is 776 g/mol. The summed E-state index contributed by atoms with van der Waals surface area (Å²) in [6, 6.07) is 26.2. The van der Waals surface area contributed by atoms with Crippen LogP contribution in [-0.4, -0.2) is 43.3 Å². The lowest BCUT2D eigenvalue weighted by Crippen LogP contribution is -2.32. The predicted octanol–water partition coefficient (Wildman–Crippen LogP) is 7.89. The van der Waals surface area contributed by atoms with Gasteiger partial charge in [-0.15, -0.1) is 0 Å². The quantitative estimate of drug-likeness (QED) is 0.128. The van der Waals surface area contributed by atoms with Crippen molar-refractivity contribution in [1.29, 1.82) is 0 Å². The third kappa shape index (κ3) is 6.81. The smallest absolute Gasteiger partial charge is 0.266 e. The minimum atomic E-state index is -0.0871. The number of hydrogen-bond donors (Lipinski definition) is 0. The van der Waals surface area contributed by atoms with Crippen LogP contribution in [0.3, 0.4) is 0 Å². The van der Waals surface area contributed by atoms with Crippen molar-refractivity contribution in [2.45, 2.75) is 6.61 Å². The van der Waals surface area contributed by atoms with Gasteiger partial charge < -0.3 is 14.2 Å². The number of aliphatic imine (C=N–C) groups is 1. The maximum atomic E-state index is 13.4. The number of amides is 1. The fourth-order valence-corrected chi connectivity index (χ4v) is 7.33. The highest BCUT2D eigenvalue weighted by Crippen LogP contribution is 2.36. The molecule has 1 fully saturated rings. The van der Waals surface area contributed by atoms with E-state index in [0.29, 0.717) is 29.8 Å². The fraction of sp³-hybridized carbons (Fsp3) is 0.161. The molecule has 40 heavy (non-hydrogen) atoms. The lowest BCUT2D eigenvalue weighted by molar-refractivity contribution is -0.122. The summed E-state index contributed by atoms with van der Waals surface area (Å²) < 4.78 is 18.7. The van der Waals surface area contributed by atoms with Crippen LogP contribution in [0.2, 0.25) is 0 Å². The topological polar surface area (TPSA) is 60.4 Å². The maximum absolute atomic E-state index is 13.4. The molecule has 204 valence electrons. The number of methoxy groups -OCH3 is 2. The Morgan fingerprint density at radius 2 is 1.65 bits per heavy atom. The highest BCUT2D eigenvalue weighted by atomic mass is 127. The normalized spacial score (nSPS) is 15.4. The average molecular weight is 776 g/mol. The van der Waals surface area contributed by atoms with Crippen molar-refractivity contribution in [3.63, 3.8) is 0 Å². The second-order valence-corrected chi connectivity index (χ2v) is 12.3. The number of nitrogens with zero attached hydrogens (tertiary/aromatic N) is 2. The molecule has 1 saturated heterocycles. The van der Waals surface area contributed by atoms with Gasteiger partial charge in [-0.2, -0.15) is 0 Å². The molecule has 0 unspecified atom stereocenters. The molecule has 0 aliphatic carbocycles. The molecular weight excluding hydrogens is 750 g/mol. The van der Waals surface area contributed by atoms with Gasteiger partial charge in [-0.25, -0.2) is 4.99 Å².